The summed E-state index contributed by atoms with van der Waals surface area (Å²) < 4.78 is 24.2. The van der Waals surface area contributed by atoms with Crippen LogP contribution in [0.5, 0.6) is 17.2 Å². The molecule has 3 aromatic carbocycles. The zero-order valence-corrected chi connectivity index (χ0v) is 15.5. The molecule has 0 radical (unpaired) electrons. The predicted octanol–water partition coefficient (Wildman–Crippen LogP) is 5.38. The Morgan fingerprint density at radius 1 is 1.00 bits per heavy atom. The van der Waals surface area contributed by atoms with Gasteiger partial charge in [-0.1, -0.05) is 23.7 Å². The number of methoxy groups -OCH3 is 1. The molecule has 3 aromatic rings. The molecule has 0 amide bonds. The third kappa shape index (κ3) is 5.05. The molecule has 6 heteroatoms. The second-order valence-electron chi connectivity index (χ2n) is 5.91. The van der Waals surface area contributed by atoms with Crippen molar-refractivity contribution in [2.45, 2.75) is 13.2 Å². The van der Waals surface area contributed by atoms with Crippen molar-refractivity contribution in [2.24, 2.45) is 0 Å². The standard InChI is InChI=1S/C21H19ClFNO3/c1-26-20-10-15(12-24-17-6-8-18(25)9-7-17)19(22)11-21(20)27-13-14-2-4-16(23)5-3-14/h2-11,24-25H,12-13H2,1H3. The summed E-state index contributed by atoms with van der Waals surface area (Å²) in [6.07, 6.45) is 0. The van der Waals surface area contributed by atoms with Crippen molar-refractivity contribution in [1.29, 1.82) is 0 Å². The number of anilines is 1. The maximum atomic E-state index is 13.0. The van der Waals surface area contributed by atoms with E-state index in [1.807, 2.05) is 6.07 Å². The highest BCUT2D eigenvalue weighted by Gasteiger charge is 2.11. The summed E-state index contributed by atoms with van der Waals surface area (Å²) >= 11 is 6.39. The van der Waals surface area contributed by atoms with E-state index in [4.69, 9.17) is 21.1 Å². The molecular weight excluding hydrogens is 369 g/mol. The van der Waals surface area contributed by atoms with E-state index in [2.05, 4.69) is 5.32 Å². The molecule has 0 fully saturated rings. The molecule has 0 aromatic heterocycles. The molecule has 3 rings (SSSR count). The molecule has 0 atom stereocenters. The van der Waals surface area contributed by atoms with Crippen molar-refractivity contribution in [3.05, 3.63) is 82.6 Å². The Balaban J connectivity index is 1.70. The number of hydrogen-bond acceptors (Lipinski definition) is 4. The summed E-state index contributed by atoms with van der Waals surface area (Å²) in [6, 6.07) is 16.4. The van der Waals surface area contributed by atoms with Gasteiger partial charge in [0.25, 0.3) is 0 Å². The number of aromatic hydroxyl groups is 1. The first kappa shape index (κ1) is 18.9. The van der Waals surface area contributed by atoms with Gasteiger partial charge < -0.3 is 19.9 Å². The maximum Gasteiger partial charge on any atom is 0.163 e. The number of nitrogens with one attached hydrogen (secondary N) is 1. The van der Waals surface area contributed by atoms with Gasteiger partial charge in [-0.25, -0.2) is 4.39 Å². The van der Waals surface area contributed by atoms with Crippen molar-refractivity contribution < 1.29 is 19.0 Å². The van der Waals surface area contributed by atoms with Gasteiger partial charge in [0.1, 0.15) is 18.2 Å². The van der Waals surface area contributed by atoms with Crippen LogP contribution in [0.4, 0.5) is 10.1 Å². The van der Waals surface area contributed by atoms with Crippen molar-refractivity contribution in [3.8, 4) is 17.2 Å². The lowest BCUT2D eigenvalue weighted by molar-refractivity contribution is 0.284. The van der Waals surface area contributed by atoms with Crippen LogP contribution in [-0.2, 0) is 13.2 Å². The number of benzene rings is 3. The Kier molecular flexibility index (Phi) is 6.04. The van der Waals surface area contributed by atoms with Gasteiger partial charge in [-0.2, -0.15) is 0 Å². The summed E-state index contributed by atoms with van der Waals surface area (Å²) in [5, 5.41) is 13.1. The number of phenols is 1. The molecule has 0 aliphatic heterocycles. The Morgan fingerprint density at radius 2 is 1.70 bits per heavy atom. The van der Waals surface area contributed by atoms with Crippen LogP contribution in [0.1, 0.15) is 11.1 Å². The lowest BCUT2D eigenvalue weighted by atomic mass is 10.2. The van der Waals surface area contributed by atoms with E-state index in [-0.39, 0.29) is 18.2 Å². The molecule has 0 spiro atoms. The fourth-order valence-corrected chi connectivity index (χ4v) is 2.72. The first-order chi connectivity index (χ1) is 13.0. The summed E-state index contributed by atoms with van der Waals surface area (Å²) in [4.78, 5) is 0. The number of hydrogen-bond donors (Lipinski definition) is 2. The quantitative estimate of drug-likeness (QED) is 0.534. The van der Waals surface area contributed by atoms with Gasteiger partial charge in [-0.3, -0.25) is 0 Å². The second kappa shape index (κ2) is 8.64. The first-order valence-electron chi connectivity index (χ1n) is 8.31. The zero-order chi connectivity index (χ0) is 19.2. The first-order valence-corrected chi connectivity index (χ1v) is 8.69. The van der Waals surface area contributed by atoms with Crippen molar-refractivity contribution in [2.75, 3.05) is 12.4 Å². The predicted molar refractivity (Wildman–Crippen MR) is 104 cm³/mol. The molecule has 2 N–H and O–H groups in total. The van der Waals surface area contributed by atoms with Crippen LogP contribution in [0.15, 0.2) is 60.7 Å². The Hall–Kier alpha value is -2.92. The number of ether oxygens (including phenoxy) is 2. The Morgan fingerprint density at radius 3 is 2.37 bits per heavy atom. The average Bonchev–Trinajstić information content (AvgIpc) is 2.68. The highest BCUT2D eigenvalue weighted by atomic mass is 35.5. The minimum atomic E-state index is -0.287. The SMILES string of the molecule is COc1cc(CNc2ccc(O)cc2)c(Cl)cc1OCc1ccc(F)cc1. The van der Waals surface area contributed by atoms with Crippen LogP contribution in [0, 0.1) is 5.82 Å². The fourth-order valence-electron chi connectivity index (χ4n) is 2.50. The largest absolute Gasteiger partial charge is 0.508 e. The second-order valence-corrected chi connectivity index (χ2v) is 6.32. The van der Waals surface area contributed by atoms with Gasteiger partial charge in [0.15, 0.2) is 11.5 Å². The van der Waals surface area contributed by atoms with Crippen molar-refractivity contribution in [3.63, 3.8) is 0 Å². The van der Waals surface area contributed by atoms with E-state index < -0.39 is 0 Å². The Bertz CT molecular complexity index is 899. The molecule has 0 unspecified atom stereocenters. The van der Waals surface area contributed by atoms with Gasteiger partial charge in [0.05, 0.1) is 7.11 Å². The van der Waals surface area contributed by atoms with Gasteiger partial charge in [0, 0.05) is 23.3 Å². The lowest BCUT2D eigenvalue weighted by Crippen LogP contribution is -2.03. The van der Waals surface area contributed by atoms with E-state index in [0.717, 1.165) is 16.8 Å². The third-order valence-electron chi connectivity index (χ3n) is 3.99. The topological polar surface area (TPSA) is 50.7 Å². The van der Waals surface area contributed by atoms with E-state index >= 15 is 0 Å². The van der Waals surface area contributed by atoms with E-state index in [0.29, 0.717) is 23.1 Å². The summed E-state index contributed by atoms with van der Waals surface area (Å²) in [5.41, 5.74) is 2.54. The third-order valence-corrected chi connectivity index (χ3v) is 4.34. The highest BCUT2D eigenvalue weighted by molar-refractivity contribution is 6.31. The molecule has 0 aliphatic rings. The fraction of sp³-hybridized carbons (Fsp3) is 0.143. The molecule has 140 valence electrons. The minimum Gasteiger partial charge on any atom is -0.508 e. The monoisotopic (exact) mass is 387 g/mol. The molecule has 0 bridgehead atoms. The van der Waals surface area contributed by atoms with Gasteiger partial charge >= 0.3 is 0 Å². The maximum absolute atomic E-state index is 13.0. The van der Waals surface area contributed by atoms with Crippen molar-refractivity contribution in [1.82, 2.24) is 0 Å². The molecule has 0 heterocycles. The van der Waals surface area contributed by atoms with Crippen LogP contribution in [-0.4, -0.2) is 12.2 Å². The molecule has 0 saturated carbocycles. The van der Waals surface area contributed by atoms with Gasteiger partial charge in [0.2, 0.25) is 0 Å². The molecule has 0 saturated heterocycles. The normalized spacial score (nSPS) is 10.5. The summed E-state index contributed by atoms with van der Waals surface area (Å²) in [7, 11) is 1.56. The highest BCUT2D eigenvalue weighted by Crippen LogP contribution is 2.34. The molecule has 4 nitrogen and oxygen atoms in total. The van der Waals surface area contributed by atoms with Gasteiger partial charge in [-0.05, 0) is 53.6 Å². The van der Waals surface area contributed by atoms with Crippen LogP contribution in [0.2, 0.25) is 5.02 Å². The Labute approximate surface area is 162 Å². The molecular formula is C21H19ClFNO3. The number of halogens is 2. The average molecular weight is 388 g/mol. The van der Waals surface area contributed by atoms with Gasteiger partial charge in [-0.15, -0.1) is 0 Å². The molecule has 27 heavy (non-hydrogen) atoms. The summed E-state index contributed by atoms with van der Waals surface area (Å²) in [5.74, 6) is 0.997. The zero-order valence-electron chi connectivity index (χ0n) is 14.7. The minimum absolute atomic E-state index is 0.211. The smallest absolute Gasteiger partial charge is 0.163 e. The number of rotatable bonds is 7. The molecule has 0 aliphatic carbocycles. The lowest BCUT2D eigenvalue weighted by Gasteiger charge is -2.15. The van der Waals surface area contributed by atoms with E-state index in [1.165, 1.54) is 12.1 Å². The van der Waals surface area contributed by atoms with Crippen LogP contribution in [0.3, 0.4) is 0 Å². The number of phenolic OH excluding ortho intramolecular Hbond substituents is 1. The van der Waals surface area contributed by atoms with Crippen LogP contribution < -0.4 is 14.8 Å². The van der Waals surface area contributed by atoms with E-state index in [9.17, 15) is 9.50 Å². The van der Waals surface area contributed by atoms with Crippen LogP contribution in [0.25, 0.3) is 0 Å². The van der Waals surface area contributed by atoms with Crippen LogP contribution >= 0.6 is 11.6 Å². The summed E-state index contributed by atoms with van der Waals surface area (Å²) in [6.45, 7) is 0.760. The van der Waals surface area contributed by atoms with Crippen molar-refractivity contribution >= 4 is 17.3 Å². The van der Waals surface area contributed by atoms with E-state index in [1.54, 1.807) is 49.6 Å².